The summed E-state index contributed by atoms with van der Waals surface area (Å²) in [5.74, 6) is 2.27. The molecular formula is C31H44N6O2. The topological polar surface area (TPSA) is 81.7 Å². The molecule has 1 N–H and O–H groups in total. The van der Waals surface area contributed by atoms with Crippen LogP contribution in [0.1, 0.15) is 65.8 Å². The zero-order valence-corrected chi connectivity index (χ0v) is 23.8. The Bertz CT molecular complexity index is 1100. The smallest absolute Gasteiger partial charge is 0.317 e. The van der Waals surface area contributed by atoms with Crippen LogP contribution in [0, 0.1) is 31.6 Å². The van der Waals surface area contributed by atoms with E-state index < -0.39 is 0 Å². The van der Waals surface area contributed by atoms with Crippen LogP contribution in [-0.2, 0) is 0 Å². The highest BCUT2D eigenvalue weighted by Gasteiger charge is 2.42. The van der Waals surface area contributed by atoms with Crippen LogP contribution in [0.3, 0.4) is 0 Å². The number of amides is 3. The minimum atomic E-state index is 0.0883. The van der Waals surface area contributed by atoms with Gasteiger partial charge in [-0.25, -0.2) is 14.8 Å². The molecule has 3 amide bonds. The number of hydrogen-bond acceptors (Lipinski definition) is 5. The van der Waals surface area contributed by atoms with Crippen molar-refractivity contribution in [3.8, 4) is 0 Å². The van der Waals surface area contributed by atoms with Gasteiger partial charge in [0.05, 0.1) is 17.0 Å². The van der Waals surface area contributed by atoms with Crippen molar-refractivity contribution in [2.75, 3.05) is 52.4 Å². The van der Waals surface area contributed by atoms with Gasteiger partial charge in [0.1, 0.15) is 6.33 Å². The lowest BCUT2D eigenvalue weighted by Gasteiger charge is -2.37. The number of aryl methyl sites for hydroxylation is 2. The van der Waals surface area contributed by atoms with Crippen LogP contribution in [0.5, 0.6) is 0 Å². The molecule has 3 unspecified atom stereocenters. The summed E-state index contributed by atoms with van der Waals surface area (Å²) in [5, 5.41) is 3.03. The zero-order valence-electron chi connectivity index (χ0n) is 23.8. The van der Waals surface area contributed by atoms with E-state index in [0.29, 0.717) is 29.2 Å². The van der Waals surface area contributed by atoms with E-state index in [1.807, 2.05) is 23.6 Å². The third-order valence-electron chi connectivity index (χ3n) is 9.20. The average Bonchev–Trinajstić information content (AvgIpc) is 3.52. The standard InChI is InChI=1S/C31H44N6O2/c1-4-13-32-31(39)36-15-10-25(11-16-36)28(24-8-6-5-7-9-24)12-14-35-17-26-19-37(20-27(26)18-35)30(38)29-22(2)33-21-34-23(29)3/h5-9,21,25-28H,4,10-20H2,1-3H3,(H,32,39). The van der Waals surface area contributed by atoms with Crippen LogP contribution < -0.4 is 5.32 Å². The predicted octanol–water partition coefficient (Wildman–Crippen LogP) is 4.10. The van der Waals surface area contributed by atoms with E-state index in [1.165, 1.54) is 11.9 Å². The maximum Gasteiger partial charge on any atom is 0.317 e. The molecule has 0 spiro atoms. The molecule has 0 aliphatic carbocycles. The van der Waals surface area contributed by atoms with Crippen LogP contribution >= 0.6 is 0 Å². The summed E-state index contributed by atoms with van der Waals surface area (Å²) in [5.41, 5.74) is 3.64. The van der Waals surface area contributed by atoms with Gasteiger partial charge in [0.25, 0.3) is 5.91 Å². The highest BCUT2D eigenvalue weighted by Crippen LogP contribution is 2.37. The van der Waals surface area contributed by atoms with E-state index >= 15 is 0 Å². The van der Waals surface area contributed by atoms with E-state index in [4.69, 9.17) is 0 Å². The Morgan fingerprint density at radius 2 is 1.59 bits per heavy atom. The minimum absolute atomic E-state index is 0.0883. The van der Waals surface area contributed by atoms with Crippen molar-refractivity contribution in [3.63, 3.8) is 0 Å². The van der Waals surface area contributed by atoms with Crippen LogP contribution in [0.15, 0.2) is 36.7 Å². The fourth-order valence-corrected chi connectivity index (χ4v) is 7.04. The monoisotopic (exact) mass is 532 g/mol. The molecule has 3 saturated heterocycles. The first-order chi connectivity index (χ1) is 18.9. The molecule has 2 aromatic rings. The lowest BCUT2D eigenvalue weighted by atomic mass is 9.78. The van der Waals surface area contributed by atoms with Crippen LogP contribution in [0.25, 0.3) is 0 Å². The van der Waals surface area contributed by atoms with Crippen molar-refractivity contribution in [1.29, 1.82) is 0 Å². The van der Waals surface area contributed by atoms with Crippen LogP contribution in [0.2, 0.25) is 0 Å². The number of carbonyl (C=O) groups is 2. The molecule has 39 heavy (non-hydrogen) atoms. The maximum absolute atomic E-state index is 13.3. The van der Waals surface area contributed by atoms with Gasteiger partial charge in [-0.15, -0.1) is 0 Å². The lowest BCUT2D eigenvalue weighted by molar-refractivity contribution is 0.0770. The van der Waals surface area contributed by atoms with Crippen molar-refractivity contribution in [3.05, 3.63) is 59.2 Å². The second kappa shape index (κ2) is 12.5. The number of aromatic nitrogens is 2. The Morgan fingerprint density at radius 3 is 2.21 bits per heavy atom. The van der Waals surface area contributed by atoms with E-state index in [1.54, 1.807) is 0 Å². The van der Waals surface area contributed by atoms with E-state index in [-0.39, 0.29) is 11.9 Å². The first-order valence-electron chi connectivity index (χ1n) is 14.8. The summed E-state index contributed by atoms with van der Waals surface area (Å²) in [7, 11) is 0. The van der Waals surface area contributed by atoms with Crippen molar-refractivity contribution in [2.45, 2.75) is 52.4 Å². The second-order valence-electron chi connectivity index (χ2n) is 11.8. The number of hydrogen-bond donors (Lipinski definition) is 1. The molecule has 3 atom stereocenters. The second-order valence-corrected chi connectivity index (χ2v) is 11.8. The van der Waals surface area contributed by atoms with Crippen LogP contribution in [0.4, 0.5) is 4.79 Å². The molecule has 0 bridgehead atoms. The molecule has 3 fully saturated rings. The normalized spacial score (nSPS) is 22.6. The molecule has 8 nitrogen and oxygen atoms in total. The molecule has 1 aromatic heterocycles. The predicted molar refractivity (Wildman–Crippen MR) is 153 cm³/mol. The fourth-order valence-electron chi connectivity index (χ4n) is 7.04. The van der Waals surface area contributed by atoms with Crippen molar-refractivity contribution >= 4 is 11.9 Å². The maximum atomic E-state index is 13.3. The third-order valence-corrected chi connectivity index (χ3v) is 9.20. The molecule has 5 rings (SSSR count). The SMILES string of the molecule is CCCNC(=O)N1CCC(C(CCN2CC3CN(C(=O)c4c(C)ncnc4C)CC3C2)c2ccccc2)CC1. The highest BCUT2D eigenvalue weighted by atomic mass is 16.2. The van der Waals surface area contributed by atoms with Gasteiger partial charge in [-0.3, -0.25) is 4.79 Å². The summed E-state index contributed by atoms with van der Waals surface area (Å²) in [6.07, 6.45) is 5.76. The van der Waals surface area contributed by atoms with Gasteiger partial charge in [-0.1, -0.05) is 37.3 Å². The quantitative estimate of drug-likeness (QED) is 0.554. The van der Waals surface area contributed by atoms with Gasteiger partial charge in [0.2, 0.25) is 0 Å². The summed E-state index contributed by atoms with van der Waals surface area (Å²) in [6, 6.07) is 11.1. The number of fused-ring (bicyclic) bond motifs is 1. The van der Waals surface area contributed by atoms with Gasteiger partial charge in [0.15, 0.2) is 0 Å². The van der Waals surface area contributed by atoms with Crippen molar-refractivity contribution in [2.24, 2.45) is 17.8 Å². The summed E-state index contributed by atoms with van der Waals surface area (Å²) >= 11 is 0. The van der Waals surface area contributed by atoms with Crippen LogP contribution in [-0.4, -0.2) is 89.0 Å². The molecule has 3 aliphatic heterocycles. The first-order valence-corrected chi connectivity index (χ1v) is 14.8. The van der Waals surface area contributed by atoms with E-state index in [2.05, 4.69) is 57.4 Å². The Morgan fingerprint density at radius 1 is 0.949 bits per heavy atom. The van der Waals surface area contributed by atoms with E-state index in [0.717, 1.165) is 89.4 Å². The van der Waals surface area contributed by atoms with Gasteiger partial charge >= 0.3 is 6.03 Å². The number of likely N-dealkylation sites (tertiary alicyclic amines) is 3. The number of rotatable bonds is 8. The fraction of sp³-hybridized carbons (Fsp3) is 0.613. The molecule has 8 heteroatoms. The van der Waals surface area contributed by atoms with Gasteiger partial charge in [-0.05, 0) is 75.3 Å². The highest BCUT2D eigenvalue weighted by molar-refractivity contribution is 5.96. The Balaban J connectivity index is 1.15. The molecule has 210 valence electrons. The van der Waals surface area contributed by atoms with Gasteiger partial charge in [-0.2, -0.15) is 0 Å². The van der Waals surface area contributed by atoms with Crippen molar-refractivity contribution in [1.82, 2.24) is 30.0 Å². The lowest BCUT2D eigenvalue weighted by Crippen LogP contribution is -2.45. The molecule has 3 aliphatic rings. The number of piperidine rings is 1. The number of benzene rings is 1. The van der Waals surface area contributed by atoms with Gasteiger partial charge < -0.3 is 20.0 Å². The summed E-state index contributed by atoms with van der Waals surface area (Å²) in [4.78, 5) is 40.9. The molecule has 0 radical (unpaired) electrons. The largest absolute Gasteiger partial charge is 0.338 e. The minimum Gasteiger partial charge on any atom is -0.338 e. The zero-order chi connectivity index (χ0) is 27.4. The van der Waals surface area contributed by atoms with Crippen molar-refractivity contribution < 1.29 is 9.59 Å². The third kappa shape index (κ3) is 6.26. The van der Waals surface area contributed by atoms with E-state index in [9.17, 15) is 9.59 Å². The molecule has 1 aromatic carbocycles. The summed E-state index contributed by atoms with van der Waals surface area (Å²) < 4.78 is 0. The number of carbonyl (C=O) groups excluding carboxylic acids is 2. The number of urea groups is 1. The summed E-state index contributed by atoms with van der Waals surface area (Å²) in [6.45, 7) is 13.2. The average molecular weight is 533 g/mol. The number of nitrogens with zero attached hydrogens (tertiary/aromatic N) is 5. The Kier molecular flexibility index (Phi) is 8.80. The molecule has 0 saturated carbocycles. The Hall–Kier alpha value is -3.00. The Labute approximate surface area is 233 Å². The molecular weight excluding hydrogens is 488 g/mol. The first kappa shape index (κ1) is 27.6. The molecule has 4 heterocycles. The van der Waals surface area contributed by atoms with Gasteiger partial charge in [0, 0.05) is 45.8 Å². The number of nitrogens with one attached hydrogen (secondary N) is 1.